The molecule has 2 aromatic carbocycles. The van der Waals surface area contributed by atoms with E-state index < -0.39 is 5.25 Å². The predicted molar refractivity (Wildman–Crippen MR) is 119 cm³/mol. The summed E-state index contributed by atoms with van der Waals surface area (Å²) in [6, 6.07) is 15.6. The molecule has 1 aliphatic heterocycles. The molecule has 156 valence electrons. The van der Waals surface area contributed by atoms with Gasteiger partial charge in [0.2, 0.25) is 11.1 Å². The highest BCUT2D eigenvalue weighted by atomic mass is 32.2. The average Bonchev–Trinajstić information content (AvgIpc) is 3.20. The lowest BCUT2D eigenvalue weighted by molar-refractivity contribution is -0.116. The monoisotopic (exact) mass is 423 g/mol. The molecular formula is C22H25N5O2S. The molecule has 0 saturated carbocycles. The van der Waals surface area contributed by atoms with E-state index in [0.717, 1.165) is 24.2 Å². The number of para-hydroxylation sites is 2. The Bertz CT molecular complexity index is 1030. The molecule has 0 saturated heterocycles. The summed E-state index contributed by atoms with van der Waals surface area (Å²) in [6.45, 7) is 4.17. The zero-order valence-corrected chi connectivity index (χ0v) is 18.1. The Labute approximate surface area is 180 Å². The molecule has 2 heterocycles. The fraction of sp³-hybridized carbons (Fsp3) is 0.318. The minimum absolute atomic E-state index is 0.117. The second kappa shape index (κ2) is 8.79. The topological polar surface area (TPSA) is 81.1 Å². The lowest BCUT2D eigenvalue weighted by Crippen LogP contribution is -2.41. The summed E-state index contributed by atoms with van der Waals surface area (Å²) in [6.07, 6.45) is 1.72. The Kier molecular flexibility index (Phi) is 5.94. The third-order valence-corrected chi connectivity index (χ3v) is 6.41. The number of carbonyl (C=O) groups is 1. The highest BCUT2D eigenvalue weighted by molar-refractivity contribution is 8.00. The Balaban J connectivity index is 1.67. The van der Waals surface area contributed by atoms with E-state index in [0.29, 0.717) is 16.6 Å². The van der Waals surface area contributed by atoms with Crippen LogP contribution in [0.5, 0.6) is 5.75 Å². The molecule has 0 fully saturated rings. The molecule has 1 aliphatic rings. The second-order valence-electron chi connectivity index (χ2n) is 7.02. The van der Waals surface area contributed by atoms with Gasteiger partial charge in [0.1, 0.15) is 11.0 Å². The van der Waals surface area contributed by atoms with Crippen LogP contribution in [0.15, 0.2) is 53.7 Å². The van der Waals surface area contributed by atoms with Crippen molar-refractivity contribution in [1.29, 1.82) is 0 Å². The van der Waals surface area contributed by atoms with Crippen LogP contribution in [0.4, 0.5) is 5.69 Å². The van der Waals surface area contributed by atoms with Gasteiger partial charge in [-0.1, -0.05) is 62.0 Å². The van der Waals surface area contributed by atoms with Crippen molar-refractivity contribution >= 4 is 23.4 Å². The number of thioether (sulfide) groups is 1. The number of methoxy groups -OCH3 is 1. The summed E-state index contributed by atoms with van der Waals surface area (Å²) < 4.78 is 7.28. The van der Waals surface area contributed by atoms with Crippen LogP contribution in [0.25, 0.3) is 0 Å². The van der Waals surface area contributed by atoms with Gasteiger partial charge in [-0.15, -0.1) is 10.2 Å². The first-order chi connectivity index (χ1) is 14.6. The Hall–Kier alpha value is -3.00. The summed E-state index contributed by atoms with van der Waals surface area (Å²) in [4.78, 5) is 13.3. The SMILES string of the molecule is CCc1ccc([C@H]2Nn3c(CC)nnc3S[C@@H]2C(=O)Nc2ccccc2OC)cc1. The maximum Gasteiger partial charge on any atom is 0.240 e. The number of carbonyl (C=O) groups excluding carboxylic acids is 1. The van der Waals surface area contributed by atoms with E-state index in [1.54, 1.807) is 7.11 Å². The van der Waals surface area contributed by atoms with Gasteiger partial charge in [-0.25, -0.2) is 4.68 Å². The van der Waals surface area contributed by atoms with Crippen molar-refractivity contribution in [3.8, 4) is 5.75 Å². The number of ether oxygens (including phenoxy) is 1. The Morgan fingerprint density at radius 1 is 1.13 bits per heavy atom. The zero-order chi connectivity index (χ0) is 21.1. The Morgan fingerprint density at radius 3 is 2.60 bits per heavy atom. The van der Waals surface area contributed by atoms with Crippen LogP contribution < -0.4 is 15.5 Å². The molecule has 0 spiro atoms. The maximum atomic E-state index is 13.3. The molecule has 0 unspecified atom stereocenters. The minimum Gasteiger partial charge on any atom is -0.495 e. The van der Waals surface area contributed by atoms with Crippen LogP contribution >= 0.6 is 11.8 Å². The second-order valence-corrected chi connectivity index (χ2v) is 8.13. The van der Waals surface area contributed by atoms with Crippen LogP contribution in [0.1, 0.15) is 36.8 Å². The van der Waals surface area contributed by atoms with Gasteiger partial charge in [-0.05, 0) is 29.7 Å². The molecule has 30 heavy (non-hydrogen) atoms. The summed E-state index contributed by atoms with van der Waals surface area (Å²) in [5.74, 6) is 1.35. The molecular weight excluding hydrogens is 398 g/mol. The van der Waals surface area contributed by atoms with Crippen LogP contribution in [-0.2, 0) is 17.6 Å². The van der Waals surface area contributed by atoms with Gasteiger partial charge in [0.15, 0.2) is 5.82 Å². The first-order valence-corrected chi connectivity index (χ1v) is 10.9. The van der Waals surface area contributed by atoms with Crippen molar-refractivity contribution in [2.24, 2.45) is 0 Å². The number of aryl methyl sites for hydroxylation is 2. The summed E-state index contributed by atoms with van der Waals surface area (Å²) in [5.41, 5.74) is 6.42. The molecule has 1 aromatic heterocycles. The molecule has 7 nitrogen and oxygen atoms in total. The predicted octanol–water partition coefficient (Wildman–Crippen LogP) is 3.81. The standard InChI is InChI=1S/C22H25N5O2S/c1-4-14-10-12-15(13-11-14)19-20(30-22-25-24-18(5-2)27(22)26-19)21(28)23-16-8-6-7-9-17(16)29-3/h6-13,19-20,26H,4-5H2,1-3H3,(H,23,28)/t19-,20+/m1/s1. The van der Waals surface area contributed by atoms with Crippen molar-refractivity contribution in [2.45, 2.75) is 43.1 Å². The zero-order valence-electron chi connectivity index (χ0n) is 17.3. The number of nitrogens with zero attached hydrogens (tertiary/aromatic N) is 3. The van der Waals surface area contributed by atoms with E-state index in [2.05, 4.69) is 52.1 Å². The van der Waals surface area contributed by atoms with E-state index in [9.17, 15) is 4.79 Å². The lowest BCUT2D eigenvalue weighted by atomic mass is 10.0. The largest absolute Gasteiger partial charge is 0.495 e. The molecule has 2 atom stereocenters. The number of benzene rings is 2. The van der Waals surface area contributed by atoms with Gasteiger partial charge in [0, 0.05) is 6.42 Å². The Morgan fingerprint density at radius 2 is 1.90 bits per heavy atom. The summed E-state index contributed by atoms with van der Waals surface area (Å²) in [7, 11) is 1.59. The van der Waals surface area contributed by atoms with Crippen molar-refractivity contribution in [3.05, 3.63) is 65.5 Å². The van der Waals surface area contributed by atoms with Crippen LogP contribution in [0.3, 0.4) is 0 Å². The maximum absolute atomic E-state index is 13.3. The summed E-state index contributed by atoms with van der Waals surface area (Å²) in [5, 5.41) is 11.8. The average molecular weight is 424 g/mol. The number of aromatic nitrogens is 3. The highest BCUT2D eigenvalue weighted by Gasteiger charge is 2.37. The molecule has 0 bridgehead atoms. The third-order valence-electron chi connectivity index (χ3n) is 5.19. The molecule has 0 radical (unpaired) electrons. The molecule has 2 N–H and O–H groups in total. The normalized spacial score (nSPS) is 17.7. The quantitative estimate of drug-likeness (QED) is 0.628. The lowest BCUT2D eigenvalue weighted by Gasteiger charge is -2.33. The first-order valence-electron chi connectivity index (χ1n) is 10.0. The number of hydrogen-bond acceptors (Lipinski definition) is 6. The van der Waals surface area contributed by atoms with Gasteiger partial charge in [-0.2, -0.15) is 0 Å². The van der Waals surface area contributed by atoms with E-state index in [-0.39, 0.29) is 11.9 Å². The third kappa shape index (κ3) is 3.87. The van der Waals surface area contributed by atoms with Gasteiger partial charge < -0.3 is 15.5 Å². The molecule has 0 aliphatic carbocycles. The summed E-state index contributed by atoms with van der Waals surface area (Å²) >= 11 is 1.42. The number of amides is 1. The molecule has 3 aromatic rings. The fourth-order valence-corrected chi connectivity index (χ4v) is 4.59. The van der Waals surface area contributed by atoms with Gasteiger partial charge in [0.05, 0.1) is 18.8 Å². The van der Waals surface area contributed by atoms with Crippen LogP contribution in [-0.4, -0.2) is 33.1 Å². The van der Waals surface area contributed by atoms with Crippen molar-refractivity contribution < 1.29 is 9.53 Å². The van der Waals surface area contributed by atoms with Gasteiger partial charge in [0.25, 0.3) is 0 Å². The number of rotatable bonds is 6. The molecule has 4 rings (SSSR count). The number of hydrogen-bond donors (Lipinski definition) is 2. The van der Waals surface area contributed by atoms with Crippen molar-refractivity contribution in [1.82, 2.24) is 14.9 Å². The smallest absolute Gasteiger partial charge is 0.240 e. The number of nitrogens with one attached hydrogen (secondary N) is 2. The number of anilines is 1. The van der Waals surface area contributed by atoms with E-state index in [1.807, 2.05) is 35.9 Å². The van der Waals surface area contributed by atoms with Crippen LogP contribution in [0.2, 0.25) is 0 Å². The van der Waals surface area contributed by atoms with Crippen LogP contribution in [0, 0.1) is 0 Å². The van der Waals surface area contributed by atoms with Gasteiger partial charge in [-0.3, -0.25) is 4.79 Å². The fourth-order valence-electron chi connectivity index (χ4n) is 3.49. The first kappa shape index (κ1) is 20.3. The van der Waals surface area contributed by atoms with Crippen molar-refractivity contribution in [2.75, 3.05) is 17.9 Å². The molecule has 8 heteroatoms. The van der Waals surface area contributed by atoms with Gasteiger partial charge >= 0.3 is 0 Å². The highest BCUT2D eigenvalue weighted by Crippen LogP contribution is 2.38. The minimum atomic E-state index is -0.427. The van der Waals surface area contributed by atoms with E-state index >= 15 is 0 Å². The van der Waals surface area contributed by atoms with Crippen molar-refractivity contribution in [3.63, 3.8) is 0 Å². The van der Waals surface area contributed by atoms with E-state index in [1.165, 1.54) is 17.3 Å². The van der Waals surface area contributed by atoms with E-state index in [4.69, 9.17) is 4.74 Å². The number of fused-ring (bicyclic) bond motifs is 1. The molecule has 1 amide bonds.